The molecule has 6 heteroatoms. The molecule has 1 atom stereocenters. The van der Waals surface area contributed by atoms with E-state index in [4.69, 9.17) is 16.3 Å². The van der Waals surface area contributed by atoms with Gasteiger partial charge in [0.1, 0.15) is 6.26 Å². The lowest BCUT2D eigenvalue weighted by atomic mass is 10.2. The molecule has 0 saturated carbocycles. The average Bonchev–Trinajstić information content (AvgIpc) is 2.81. The van der Waals surface area contributed by atoms with E-state index in [0.717, 1.165) is 0 Å². The number of morpholine rings is 1. The molecule has 0 spiro atoms. The van der Waals surface area contributed by atoms with Crippen molar-refractivity contribution in [1.29, 1.82) is 0 Å². The van der Waals surface area contributed by atoms with Gasteiger partial charge in [-0.15, -0.1) is 11.6 Å². The van der Waals surface area contributed by atoms with Crippen molar-refractivity contribution in [3.05, 3.63) is 18.0 Å². The number of amides is 1. The molecule has 0 aliphatic carbocycles. The maximum Gasteiger partial charge on any atom is 0.276 e. The standard InChI is InChI=1S/C9H11ClN2O3/c10-5-7-6-12(2-4-14-7)9(13)8-1-3-15-11-8/h1,3,7H,2,4-6H2. The lowest BCUT2D eigenvalue weighted by Gasteiger charge is -2.31. The molecule has 1 aromatic rings. The van der Waals surface area contributed by atoms with Gasteiger partial charge in [-0.25, -0.2) is 0 Å². The first-order valence-corrected chi connectivity index (χ1v) is 5.22. The van der Waals surface area contributed by atoms with Crippen molar-refractivity contribution in [2.45, 2.75) is 6.10 Å². The highest BCUT2D eigenvalue weighted by Gasteiger charge is 2.25. The molecule has 0 radical (unpaired) electrons. The van der Waals surface area contributed by atoms with Crippen LogP contribution in [0.15, 0.2) is 16.9 Å². The summed E-state index contributed by atoms with van der Waals surface area (Å²) in [6.07, 6.45) is 1.29. The molecule has 1 aliphatic rings. The van der Waals surface area contributed by atoms with E-state index >= 15 is 0 Å². The third-order valence-electron chi connectivity index (χ3n) is 2.26. The van der Waals surface area contributed by atoms with Crippen LogP contribution >= 0.6 is 11.6 Å². The predicted molar refractivity (Wildman–Crippen MR) is 52.9 cm³/mol. The molecule has 0 N–H and O–H groups in total. The van der Waals surface area contributed by atoms with Crippen LogP contribution in [-0.4, -0.2) is 47.6 Å². The molecule has 1 saturated heterocycles. The van der Waals surface area contributed by atoms with E-state index in [-0.39, 0.29) is 12.0 Å². The summed E-state index contributed by atoms with van der Waals surface area (Å²) in [5.74, 6) is 0.255. The van der Waals surface area contributed by atoms with Crippen molar-refractivity contribution >= 4 is 17.5 Å². The van der Waals surface area contributed by atoms with E-state index in [1.165, 1.54) is 6.26 Å². The van der Waals surface area contributed by atoms with Gasteiger partial charge in [-0.2, -0.15) is 0 Å². The minimum atomic E-state index is -0.137. The molecular weight excluding hydrogens is 220 g/mol. The topological polar surface area (TPSA) is 55.6 Å². The van der Waals surface area contributed by atoms with E-state index in [2.05, 4.69) is 9.68 Å². The molecule has 0 aromatic carbocycles. The minimum absolute atomic E-state index is 0.0868. The summed E-state index contributed by atoms with van der Waals surface area (Å²) in [5, 5.41) is 3.60. The van der Waals surface area contributed by atoms with E-state index in [1.54, 1.807) is 11.0 Å². The molecule has 1 aromatic heterocycles. The third-order valence-corrected chi connectivity index (χ3v) is 2.60. The second-order valence-corrected chi connectivity index (χ2v) is 3.59. The van der Waals surface area contributed by atoms with E-state index < -0.39 is 0 Å². The first-order valence-electron chi connectivity index (χ1n) is 4.68. The highest BCUT2D eigenvalue weighted by molar-refractivity contribution is 6.18. The Balaban J connectivity index is 2.01. The Bertz CT molecular complexity index is 328. The van der Waals surface area contributed by atoms with Gasteiger partial charge in [-0.05, 0) is 0 Å². The van der Waals surface area contributed by atoms with Gasteiger partial charge in [-0.3, -0.25) is 4.79 Å². The summed E-state index contributed by atoms with van der Waals surface area (Å²) in [7, 11) is 0. The molecule has 5 nitrogen and oxygen atoms in total. The Labute approximate surface area is 91.9 Å². The number of rotatable bonds is 2. The Kier molecular flexibility index (Phi) is 3.23. The molecule has 2 rings (SSSR count). The number of carbonyl (C=O) groups is 1. The maximum atomic E-state index is 11.8. The van der Waals surface area contributed by atoms with Gasteiger partial charge in [0.05, 0.1) is 18.6 Å². The Morgan fingerprint density at radius 1 is 1.73 bits per heavy atom. The first kappa shape index (κ1) is 10.4. The smallest absolute Gasteiger partial charge is 0.276 e. The molecule has 1 fully saturated rings. The summed E-state index contributed by atoms with van der Waals surface area (Å²) in [4.78, 5) is 13.5. The van der Waals surface area contributed by atoms with Crippen molar-refractivity contribution < 1.29 is 14.1 Å². The van der Waals surface area contributed by atoms with Gasteiger partial charge < -0.3 is 14.2 Å². The fourth-order valence-electron chi connectivity index (χ4n) is 1.48. The number of aromatic nitrogens is 1. The van der Waals surface area contributed by atoms with Gasteiger partial charge in [-0.1, -0.05) is 5.16 Å². The summed E-state index contributed by atoms with van der Waals surface area (Å²) < 4.78 is 9.98. The fraction of sp³-hybridized carbons (Fsp3) is 0.556. The zero-order valence-electron chi connectivity index (χ0n) is 8.06. The monoisotopic (exact) mass is 230 g/mol. The molecule has 82 valence electrons. The molecule has 0 bridgehead atoms. The van der Waals surface area contributed by atoms with Gasteiger partial charge >= 0.3 is 0 Å². The Morgan fingerprint density at radius 2 is 2.60 bits per heavy atom. The van der Waals surface area contributed by atoms with Crippen LogP contribution in [0.1, 0.15) is 10.5 Å². The normalized spacial score (nSPS) is 21.7. The fourth-order valence-corrected chi connectivity index (χ4v) is 1.67. The van der Waals surface area contributed by atoms with Crippen molar-refractivity contribution in [2.24, 2.45) is 0 Å². The number of hydrogen-bond donors (Lipinski definition) is 0. The number of hydrogen-bond acceptors (Lipinski definition) is 4. The van der Waals surface area contributed by atoms with Crippen LogP contribution in [0.5, 0.6) is 0 Å². The number of carbonyl (C=O) groups excluding carboxylic acids is 1. The van der Waals surface area contributed by atoms with Crippen LogP contribution in [0.3, 0.4) is 0 Å². The van der Waals surface area contributed by atoms with Crippen LogP contribution in [0.4, 0.5) is 0 Å². The van der Waals surface area contributed by atoms with Crippen LogP contribution < -0.4 is 0 Å². The Hall–Kier alpha value is -1.07. The van der Waals surface area contributed by atoms with Crippen LogP contribution in [0.2, 0.25) is 0 Å². The van der Waals surface area contributed by atoms with Gasteiger partial charge in [0, 0.05) is 19.2 Å². The number of ether oxygens (including phenoxy) is 1. The average molecular weight is 231 g/mol. The quantitative estimate of drug-likeness (QED) is 0.704. The lowest BCUT2D eigenvalue weighted by molar-refractivity contribution is -0.0111. The van der Waals surface area contributed by atoms with Crippen molar-refractivity contribution in [1.82, 2.24) is 10.1 Å². The summed E-state index contributed by atoms with van der Waals surface area (Å²) in [6, 6.07) is 1.55. The minimum Gasteiger partial charge on any atom is -0.373 e. The number of alkyl halides is 1. The predicted octanol–water partition coefficient (Wildman–Crippen LogP) is 0.754. The first-order chi connectivity index (χ1) is 7.31. The maximum absolute atomic E-state index is 11.8. The van der Waals surface area contributed by atoms with Crippen LogP contribution in [0.25, 0.3) is 0 Å². The summed E-state index contributed by atoms with van der Waals surface area (Å²) in [6.45, 7) is 1.59. The van der Waals surface area contributed by atoms with Crippen LogP contribution in [0, 0.1) is 0 Å². The van der Waals surface area contributed by atoms with E-state index in [9.17, 15) is 4.79 Å². The molecule has 1 amide bonds. The molecule has 2 heterocycles. The second kappa shape index (κ2) is 4.63. The Morgan fingerprint density at radius 3 is 3.27 bits per heavy atom. The lowest BCUT2D eigenvalue weighted by Crippen LogP contribution is -2.46. The van der Waals surface area contributed by atoms with Crippen molar-refractivity contribution in [3.63, 3.8) is 0 Å². The second-order valence-electron chi connectivity index (χ2n) is 3.28. The van der Waals surface area contributed by atoms with Gasteiger partial charge in [0.25, 0.3) is 5.91 Å². The highest BCUT2D eigenvalue weighted by Crippen LogP contribution is 2.10. The van der Waals surface area contributed by atoms with Gasteiger partial charge in [0.15, 0.2) is 5.69 Å². The van der Waals surface area contributed by atoms with Crippen LogP contribution in [-0.2, 0) is 4.74 Å². The van der Waals surface area contributed by atoms with Crippen molar-refractivity contribution in [2.75, 3.05) is 25.6 Å². The number of nitrogens with zero attached hydrogens (tertiary/aromatic N) is 2. The SMILES string of the molecule is O=C(c1ccon1)N1CCOC(CCl)C1. The van der Waals surface area contributed by atoms with E-state index in [0.29, 0.717) is 31.3 Å². The number of halogens is 1. The van der Waals surface area contributed by atoms with Crippen molar-refractivity contribution in [3.8, 4) is 0 Å². The largest absolute Gasteiger partial charge is 0.373 e. The summed E-state index contributed by atoms with van der Waals surface area (Å²) in [5.41, 5.74) is 0.324. The molecule has 15 heavy (non-hydrogen) atoms. The molecular formula is C9H11ClN2O3. The zero-order valence-corrected chi connectivity index (χ0v) is 8.81. The van der Waals surface area contributed by atoms with E-state index in [1.807, 2.05) is 0 Å². The highest BCUT2D eigenvalue weighted by atomic mass is 35.5. The zero-order chi connectivity index (χ0) is 10.7. The van der Waals surface area contributed by atoms with Gasteiger partial charge in [0.2, 0.25) is 0 Å². The third kappa shape index (κ3) is 2.30. The molecule has 1 unspecified atom stereocenters. The molecule has 1 aliphatic heterocycles. The summed E-state index contributed by atoms with van der Waals surface area (Å²) >= 11 is 5.68.